The maximum absolute atomic E-state index is 11.8. The zero-order valence-electron chi connectivity index (χ0n) is 14.5. The number of carbonyl (C=O) groups excluding carboxylic acids is 3. The van der Waals surface area contributed by atoms with Crippen LogP contribution in [0.5, 0.6) is 11.5 Å². The maximum Gasteiger partial charge on any atom is 0.328 e. The van der Waals surface area contributed by atoms with E-state index in [1.54, 1.807) is 36.4 Å². The molecule has 0 saturated carbocycles. The van der Waals surface area contributed by atoms with Crippen LogP contribution < -0.4 is 20.1 Å². The Balaban J connectivity index is 1.79. The fourth-order valence-electron chi connectivity index (χ4n) is 2.46. The van der Waals surface area contributed by atoms with E-state index in [9.17, 15) is 14.4 Å². The fraction of sp³-hybridized carbons (Fsp3) is 0.105. The van der Waals surface area contributed by atoms with E-state index in [-0.39, 0.29) is 12.2 Å². The highest BCUT2D eigenvalue weighted by Crippen LogP contribution is 2.30. The van der Waals surface area contributed by atoms with Gasteiger partial charge < -0.3 is 9.47 Å². The molecule has 2 aromatic rings. The minimum atomic E-state index is -0.851. The number of carbonyl (C=O) groups is 3. The van der Waals surface area contributed by atoms with E-state index in [1.165, 1.54) is 13.2 Å². The number of imide groups is 2. The molecule has 0 atom stereocenters. The van der Waals surface area contributed by atoms with Gasteiger partial charge in [-0.2, -0.15) is 0 Å². The van der Waals surface area contributed by atoms with Crippen molar-refractivity contribution in [2.24, 2.45) is 0 Å². The van der Waals surface area contributed by atoms with Crippen molar-refractivity contribution >= 4 is 47.1 Å². The highest BCUT2D eigenvalue weighted by atomic mass is 35.5. The van der Waals surface area contributed by atoms with Crippen molar-refractivity contribution in [1.82, 2.24) is 10.6 Å². The number of urea groups is 1. The molecule has 144 valence electrons. The summed E-state index contributed by atoms with van der Waals surface area (Å²) >= 11 is 11.9. The van der Waals surface area contributed by atoms with Gasteiger partial charge in [0.1, 0.15) is 12.2 Å². The van der Waals surface area contributed by atoms with Gasteiger partial charge in [0.15, 0.2) is 11.5 Å². The summed E-state index contributed by atoms with van der Waals surface area (Å²) in [6.07, 6.45) is 1.35. The lowest BCUT2D eigenvalue weighted by atomic mass is 10.1. The van der Waals surface area contributed by atoms with E-state index in [2.05, 4.69) is 0 Å². The van der Waals surface area contributed by atoms with Crippen molar-refractivity contribution in [3.63, 3.8) is 0 Å². The van der Waals surface area contributed by atoms with Crippen molar-refractivity contribution in [3.05, 3.63) is 63.1 Å². The number of benzene rings is 2. The molecule has 28 heavy (non-hydrogen) atoms. The number of methoxy groups -OCH3 is 1. The zero-order valence-corrected chi connectivity index (χ0v) is 16.1. The molecule has 0 aromatic heterocycles. The van der Waals surface area contributed by atoms with Gasteiger partial charge in [0.05, 0.1) is 17.2 Å². The number of amides is 4. The van der Waals surface area contributed by atoms with Gasteiger partial charge in [0.2, 0.25) is 0 Å². The molecule has 1 fully saturated rings. The number of halogens is 2. The van der Waals surface area contributed by atoms with E-state index >= 15 is 0 Å². The Bertz CT molecular complexity index is 982. The van der Waals surface area contributed by atoms with Gasteiger partial charge in [-0.3, -0.25) is 20.2 Å². The van der Waals surface area contributed by atoms with Crippen LogP contribution in [0.4, 0.5) is 4.79 Å². The zero-order chi connectivity index (χ0) is 20.3. The van der Waals surface area contributed by atoms with Crippen molar-refractivity contribution in [3.8, 4) is 11.5 Å². The molecule has 4 amide bonds. The van der Waals surface area contributed by atoms with E-state index < -0.39 is 17.8 Å². The summed E-state index contributed by atoms with van der Waals surface area (Å²) in [6, 6.07) is 9.23. The highest BCUT2D eigenvalue weighted by Gasteiger charge is 2.27. The molecule has 7 nitrogen and oxygen atoms in total. The predicted octanol–water partition coefficient (Wildman–Crippen LogP) is 3.33. The average Bonchev–Trinajstić information content (AvgIpc) is 2.66. The smallest absolute Gasteiger partial charge is 0.328 e. The largest absolute Gasteiger partial charge is 0.493 e. The SMILES string of the molecule is COc1cc(C=C2C(=O)NC(=O)NC2=O)ccc1OCc1ccc(Cl)c(Cl)c1. The Hall–Kier alpha value is -3.03. The average molecular weight is 421 g/mol. The van der Waals surface area contributed by atoms with Crippen LogP contribution in [-0.4, -0.2) is 25.0 Å². The van der Waals surface area contributed by atoms with Gasteiger partial charge in [-0.1, -0.05) is 35.3 Å². The van der Waals surface area contributed by atoms with E-state index in [1.807, 2.05) is 10.6 Å². The van der Waals surface area contributed by atoms with E-state index in [0.717, 1.165) is 5.56 Å². The summed E-state index contributed by atoms with van der Waals surface area (Å²) < 4.78 is 11.1. The quantitative estimate of drug-likeness (QED) is 0.571. The van der Waals surface area contributed by atoms with Crippen LogP contribution in [0.15, 0.2) is 42.0 Å². The van der Waals surface area contributed by atoms with Crippen molar-refractivity contribution in [1.29, 1.82) is 0 Å². The highest BCUT2D eigenvalue weighted by molar-refractivity contribution is 6.42. The van der Waals surface area contributed by atoms with Gasteiger partial charge in [0.25, 0.3) is 11.8 Å². The molecule has 9 heteroatoms. The first kappa shape index (κ1) is 19.7. The van der Waals surface area contributed by atoms with Gasteiger partial charge >= 0.3 is 6.03 Å². The lowest BCUT2D eigenvalue weighted by Gasteiger charge is -2.15. The van der Waals surface area contributed by atoms with Crippen molar-refractivity contribution in [2.45, 2.75) is 6.61 Å². The number of hydrogen-bond acceptors (Lipinski definition) is 5. The molecule has 0 radical (unpaired) electrons. The predicted molar refractivity (Wildman–Crippen MR) is 103 cm³/mol. The second-order valence-electron chi connectivity index (χ2n) is 5.74. The van der Waals surface area contributed by atoms with Crippen LogP contribution in [-0.2, 0) is 16.2 Å². The topological polar surface area (TPSA) is 93.7 Å². The van der Waals surface area contributed by atoms with Crippen LogP contribution in [0, 0.1) is 0 Å². The van der Waals surface area contributed by atoms with Crippen LogP contribution in [0.3, 0.4) is 0 Å². The lowest BCUT2D eigenvalue weighted by molar-refractivity contribution is -0.123. The summed E-state index contributed by atoms with van der Waals surface area (Å²) in [5.74, 6) is -0.675. The molecule has 1 saturated heterocycles. The van der Waals surface area contributed by atoms with Gasteiger partial charge in [-0.25, -0.2) is 4.79 Å². The summed E-state index contributed by atoms with van der Waals surface area (Å²) in [6.45, 7) is 0.237. The summed E-state index contributed by atoms with van der Waals surface area (Å²) in [7, 11) is 1.47. The summed E-state index contributed by atoms with van der Waals surface area (Å²) in [4.78, 5) is 34.7. The molecule has 2 aromatic carbocycles. The first-order valence-electron chi connectivity index (χ1n) is 8.00. The van der Waals surface area contributed by atoms with Crippen molar-refractivity contribution in [2.75, 3.05) is 7.11 Å². The number of hydrogen-bond donors (Lipinski definition) is 2. The first-order chi connectivity index (χ1) is 13.4. The van der Waals surface area contributed by atoms with Crippen LogP contribution in [0.2, 0.25) is 10.0 Å². The third-order valence-electron chi connectivity index (χ3n) is 3.82. The number of rotatable bonds is 5. The van der Waals surface area contributed by atoms with E-state index in [4.69, 9.17) is 32.7 Å². The third kappa shape index (κ3) is 4.44. The molecule has 1 aliphatic rings. The molecular weight excluding hydrogens is 407 g/mol. The summed E-state index contributed by atoms with van der Waals surface area (Å²) in [5, 5.41) is 4.91. The second kappa shape index (κ2) is 8.33. The van der Waals surface area contributed by atoms with Crippen LogP contribution in [0.25, 0.3) is 6.08 Å². The minimum absolute atomic E-state index is 0.189. The molecule has 0 bridgehead atoms. The van der Waals surface area contributed by atoms with Gasteiger partial charge in [-0.15, -0.1) is 0 Å². The molecule has 0 spiro atoms. The number of barbiturate groups is 1. The van der Waals surface area contributed by atoms with E-state index in [0.29, 0.717) is 27.1 Å². The first-order valence-corrected chi connectivity index (χ1v) is 8.76. The van der Waals surface area contributed by atoms with Crippen molar-refractivity contribution < 1.29 is 23.9 Å². The van der Waals surface area contributed by atoms with Gasteiger partial charge in [-0.05, 0) is 41.5 Å². The van der Waals surface area contributed by atoms with Gasteiger partial charge in [0, 0.05) is 0 Å². The monoisotopic (exact) mass is 420 g/mol. The normalized spacial score (nSPS) is 13.7. The molecule has 0 unspecified atom stereocenters. The molecule has 3 rings (SSSR count). The summed E-state index contributed by atoms with van der Waals surface area (Å²) in [5.41, 5.74) is 1.15. The van der Waals surface area contributed by atoms with Crippen LogP contribution >= 0.6 is 23.2 Å². The standard InChI is InChI=1S/C19H14Cl2N2O5/c1-27-16-8-10(6-12-17(24)22-19(26)23-18(12)25)3-5-15(16)28-9-11-2-4-13(20)14(21)7-11/h2-8H,9H2,1H3,(H2,22,23,24,25,26). The molecule has 0 aliphatic carbocycles. The number of ether oxygens (including phenoxy) is 2. The Kier molecular flexibility index (Phi) is 5.87. The Morgan fingerprint density at radius 3 is 2.29 bits per heavy atom. The minimum Gasteiger partial charge on any atom is -0.493 e. The maximum atomic E-state index is 11.8. The second-order valence-corrected chi connectivity index (χ2v) is 6.56. The number of nitrogens with one attached hydrogen (secondary N) is 2. The Morgan fingerprint density at radius 2 is 1.64 bits per heavy atom. The molecule has 2 N–H and O–H groups in total. The lowest BCUT2D eigenvalue weighted by Crippen LogP contribution is -2.51. The fourth-order valence-corrected chi connectivity index (χ4v) is 2.78. The molecular formula is C19H14Cl2N2O5. The Labute approximate surface area is 170 Å². The third-order valence-corrected chi connectivity index (χ3v) is 4.56. The molecule has 1 heterocycles. The Morgan fingerprint density at radius 1 is 0.929 bits per heavy atom. The van der Waals surface area contributed by atoms with Crippen LogP contribution in [0.1, 0.15) is 11.1 Å². The molecule has 1 aliphatic heterocycles.